The predicted molar refractivity (Wildman–Crippen MR) is 107 cm³/mol. The van der Waals surface area contributed by atoms with E-state index in [1.54, 1.807) is 12.1 Å². The van der Waals surface area contributed by atoms with Crippen LogP contribution >= 0.6 is 0 Å². The number of methoxy groups -OCH3 is 1. The molecule has 5 nitrogen and oxygen atoms in total. The van der Waals surface area contributed by atoms with Gasteiger partial charge < -0.3 is 10.1 Å². The summed E-state index contributed by atoms with van der Waals surface area (Å²) in [6, 6.07) is 6.26. The Morgan fingerprint density at radius 1 is 1.18 bits per heavy atom. The molecule has 1 atom stereocenters. The summed E-state index contributed by atoms with van der Waals surface area (Å²) < 4.78 is 18.9. The van der Waals surface area contributed by atoms with Crippen molar-refractivity contribution in [1.82, 2.24) is 15.1 Å². The summed E-state index contributed by atoms with van der Waals surface area (Å²) in [4.78, 5) is 17.4. The number of carbonyl (C=O) groups excluding carboxylic acids is 1. The zero-order chi connectivity index (χ0) is 19.5. The van der Waals surface area contributed by atoms with Crippen molar-refractivity contribution in [3.63, 3.8) is 0 Å². The lowest BCUT2D eigenvalue weighted by atomic mass is 9.93. The van der Waals surface area contributed by atoms with Crippen LogP contribution in [-0.2, 0) is 11.3 Å². The highest BCUT2D eigenvalue weighted by atomic mass is 19.1. The molecule has 3 aliphatic rings. The van der Waals surface area contributed by atoms with E-state index in [1.165, 1.54) is 7.11 Å². The van der Waals surface area contributed by atoms with Gasteiger partial charge in [0.25, 0.3) is 0 Å². The largest absolute Gasteiger partial charge is 0.494 e. The van der Waals surface area contributed by atoms with Crippen LogP contribution in [0.25, 0.3) is 0 Å². The number of likely N-dealkylation sites (tertiary alicyclic amines) is 2. The van der Waals surface area contributed by atoms with E-state index in [2.05, 4.69) is 15.1 Å². The minimum atomic E-state index is -0.293. The number of hydrogen-bond donors (Lipinski definition) is 1. The predicted octanol–water partition coefficient (Wildman–Crippen LogP) is 2.79. The van der Waals surface area contributed by atoms with Crippen LogP contribution in [0.4, 0.5) is 4.39 Å². The molecule has 1 amide bonds. The van der Waals surface area contributed by atoms with E-state index in [1.807, 2.05) is 6.07 Å². The zero-order valence-electron chi connectivity index (χ0n) is 16.8. The molecule has 1 saturated carbocycles. The van der Waals surface area contributed by atoms with Crippen LogP contribution in [0.5, 0.6) is 5.75 Å². The third-order valence-electron chi connectivity index (χ3n) is 6.44. The fourth-order valence-corrected chi connectivity index (χ4v) is 4.61. The molecule has 0 aromatic heterocycles. The molecule has 1 N–H and O–H groups in total. The number of nitrogens with zero attached hydrogens (tertiary/aromatic N) is 2. The fraction of sp³-hybridized carbons (Fsp3) is 0.682. The summed E-state index contributed by atoms with van der Waals surface area (Å²) >= 11 is 0. The van der Waals surface area contributed by atoms with E-state index >= 15 is 0 Å². The number of halogens is 1. The van der Waals surface area contributed by atoms with Gasteiger partial charge in [-0.1, -0.05) is 6.07 Å². The topological polar surface area (TPSA) is 44.8 Å². The fourth-order valence-electron chi connectivity index (χ4n) is 4.61. The molecule has 0 spiro atoms. The number of ether oxygens (including phenoxy) is 1. The van der Waals surface area contributed by atoms with Crippen molar-refractivity contribution in [2.75, 3.05) is 33.3 Å². The highest BCUT2D eigenvalue weighted by Gasteiger charge is 2.33. The Kier molecular flexibility index (Phi) is 6.16. The first kappa shape index (κ1) is 19.6. The van der Waals surface area contributed by atoms with Gasteiger partial charge in [-0.3, -0.25) is 14.6 Å². The third-order valence-corrected chi connectivity index (χ3v) is 6.44. The first-order chi connectivity index (χ1) is 13.6. The minimum Gasteiger partial charge on any atom is -0.494 e. The van der Waals surface area contributed by atoms with E-state index in [9.17, 15) is 9.18 Å². The van der Waals surface area contributed by atoms with Gasteiger partial charge in [-0.05, 0) is 75.9 Å². The molecule has 0 unspecified atom stereocenters. The Morgan fingerprint density at radius 3 is 2.64 bits per heavy atom. The van der Waals surface area contributed by atoms with E-state index in [0.717, 1.165) is 76.8 Å². The molecule has 6 heteroatoms. The van der Waals surface area contributed by atoms with Gasteiger partial charge in [0.05, 0.1) is 13.0 Å². The molecule has 2 aliphatic heterocycles. The highest BCUT2D eigenvalue weighted by Crippen LogP contribution is 2.27. The zero-order valence-corrected chi connectivity index (χ0v) is 16.8. The van der Waals surface area contributed by atoms with Gasteiger partial charge in [0, 0.05) is 25.2 Å². The molecule has 1 aromatic rings. The SMILES string of the molecule is COc1ccc(CN2CCC(N3CCC[C@H](C(=O)NC4CC4)C3)CC2)cc1F. The monoisotopic (exact) mass is 389 g/mol. The van der Waals surface area contributed by atoms with Gasteiger partial charge in [-0.25, -0.2) is 4.39 Å². The van der Waals surface area contributed by atoms with Crippen LogP contribution in [-0.4, -0.2) is 61.1 Å². The van der Waals surface area contributed by atoms with Crippen LogP contribution in [0, 0.1) is 11.7 Å². The van der Waals surface area contributed by atoms with Gasteiger partial charge in [-0.15, -0.1) is 0 Å². The molecule has 1 aliphatic carbocycles. The van der Waals surface area contributed by atoms with Gasteiger partial charge >= 0.3 is 0 Å². The van der Waals surface area contributed by atoms with Crippen molar-refractivity contribution in [3.05, 3.63) is 29.6 Å². The standard InChI is InChI=1S/C22H32FN3O2/c1-28-21-7-4-16(13-20(21)23)14-25-11-8-19(9-12-25)26-10-2-3-17(15-26)22(27)24-18-5-6-18/h4,7,13,17-19H,2-3,5-6,8-12,14-15H2,1H3,(H,24,27)/t17-/m0/s1. The van der Waals surface area contributed by atoms with Crippen LogP contribution in [0.2, 0.25) is 0 Å². The van der Waals surface area contributed by atoms with E-state index in [-0.39, 0.29) is 17.6 Å². The Labute approximate surface area is 167 Å². The van der Waals surface area contributed by atoms with Crippen LogP contribution in [0.1, 0.15) is 44.1 Å². The lowest BCUT2D eigenvalue weighted by Crippen LogP contribution is -2.50. The van der Waals surface area contributed by atoms with Crippen molar-refractivity contribution in [2.24, 2.45) is 5.92 Å². The number of benzene rings is 1. The lowest BCUT2D eigenvalue weighted by molar-refractivity contribution is -0.127. The summed E-state index contributed by atoms with van der Waals surface area (Å²) in [5.41, 5.74) is 0.992. The van der Waals surface area contributed by atoms with E-state index < -0.39 is 0 Å². The van der Waals surface area contributed by atoms with Crippen LogP contribution in [0.3, 0.4) is 0 Å². The smallest absolute Gasteiger partial charge is 0.224 e. The average Bonchev–Trinajstić information content (AvgIpc) is 3.53. The minimum absolute atomic E-state index is 0.162. The molecule has 1 aromatic carbocycles. The van der Waals surface area contributed by atoms with Crippen molar-refractivity contribution in [1.29, 1.82) is 0 Å². The number of piperidine rings is 2. The van der Waals surface area contributed by atoms with Gasteiger partial charge in [-0.2, -0.15) is 0 Å². The van der Waals surface area contributed by atoms with Crippen molar-refractivity contribution in [2.45, 2.75) is 57.2 Å². The number of nitrogens with one attached hydrogen (secondary N) is 1. The second-order valence-electron chi connectivity index (χ2n) is 8.59. The molecule has 154 valence electrons. The highest BCUT2D eigenvalue weighted by molar-refractivity contribution is 5.79. The van der Waals surface area contributed by atoms with Crippen LogP contribution < -0.4 is 10.1 Å². The maximum absolute atomic E-state index is 13.9. The lowest BCUT2D eigenvalue weighted by Gasteiger charge is -2.42. The molecular weight excluding hydrogens is 357 g/mol. The van der Waals surface area contributed by atoms with Crippen molar-refractivity contribution >= 4 is 5.91 Å². The van der Waals surface area contributed by atoms with Crippen LogP contribution in [0.15, 0.2) is 18.2 Å². The van der Waals surface area contributed by atoms with Crippen molar-refractivity contribution < 1.29 is 13.9 Å². The summed E-state index contributed by atoms with van der Waals surface area (Å²) in [5, 5.41) is 3.18. The number of amides is 1. The van der Waals surface area contributed by atoms with E-state index in [4.69, 9.17) is 4.74 Å². The summed E-state index contributed by atoms with van der Waals surface area (Å²) in [6.07, 6.45) is 6.69. The Balaban J connectivity index is 1.25. The van der Waals surface area contributed by atoms with Gasteiger partial charge in [0.2, 0.25) is 5.91 Å². The molecule has 4 rings (SSSR count). The third kappa shape index (κ3) is 4.84. The first-order valence-electron chi connectivity index (χ1n) is 10.7. The van der Waals surface area contributed by atoms with Gasteiger partial charge in [0.15, 0.2) is 11.6 Å². The average molecular weight is 390 g/mol. The maximum Gasteiger partial charge on any atom is 0.224 e. The first-order valence-corrected chi connectivity index (χ1v) is 10.7. The molecular formula is C22H32FN3O2. The van der Waals surface area contributed by atoms with E-state index in [0.29, 0.717) is 17.8 Å². The number of carbonyl (C=O) groups is 1. The summed E-state index contributed by atoms with van der Waals surface area (Å²) in [7, 11) is 1.49. The summed E-state index contributed by atoms with van der Waals surface area (Å²) in [6.45, 7) is 4.84. The second kappa shape index (κ2) is 8.78. The number of rotatable bonds is 6. The molecule has 2 heterocycles. The Morgan fingerprint density at radius 2 is 1.96 bits per heavy atom. The molecule has 2 saturated heterocycles. The Hall–Kier alpha value is -1.66. The molecule has 0 radical (unpaired) electrons. The quantitative estimate of drug-likeness (QED) is 0.813. The Bertz CT molecular complexity index is 686. The molecule has 0 bridgehead atoms. The summed E-state index contributed by atoms with van der Waals surface area (Å²) in [5.74, 6) is 0.437. The second-order valence-corrected chi connectivity index (χ2v) is 8.59. The number of hydrogen-bond acceptors (Lipinski definition) is 4. The van der Waals surface area contributed by atoms with Crippen molar-refractivity contribution in [3.8, 4) is 5.75 Å². The maximum atomic E-state index is 13.9. The normalized spacial score (nSPS) is 24.9. The molecule has 28 heavy (non-hydrogen) atoms. The van der Waals surface area contributed by atoms with Gasteiger partial charge in [0.1, 0.15) is 0 Å². The molecule has 3 fully saturated rings.